The van der Waals surface area contributed by atoms with E-state index in [4.69, 9.17) is 4.74 Å². The van der Waals surface area contributed by atoms with Gasteiger partial charge in [0.2, 0.25) is 0 Å². The molecule has 1 aromatic heterocycles. The molecule has 1 saturated heterocycles. The van der Waals surface area contributed by atoms with Crippen LogP contribution in [0.3, 0.4) is 0 Å². The first-order valence-electron chi connectivity index (χ1n) is 7.68. The minimum atomic E-state index is -0.774. The molecule has 0 bridgehead atoms. The Morgan fingerprint density at radius 1 is 1.17 bits per heavy atom. The number of nitrogens with zero attached hydrogens (tertiary/aromatic N) is 2. The Hall–Kier alpha value is -2.02. The highest BCUT2D eigenvalue weighted by atomic mass is 35.5. The van der Waals surface area contributed by atoms with Gasteiger partial charge < -0.3 is 15.4 Å². The van der Waals surface area contributed by atoms with Gasteiger partial charge in [-0.05, 0) is 25.9 Å². The maximum atomic E-state index is 12.6. The number of benzene rings is 1. The molecule has 0 atom stereocenters. The second-order valence-electron chi connectivity index (χ2n) is 5.56. The lowest BCUT2D eigenvalue weighted by molar-refractivity contribution is -0.140. The van der Waals surface area contributed by atoms with Crippen molar-refractivity contribution in [2.45, 2.75) is 18.4 Å². The first-order chi connectivity index (χ1) is 11.2. The van der Waals surface area contributed by atoms with Crippen molar-refractivity contribution < 1.29 is 9.53 Å². The first kappa shape index (κ1) is 18.3. The van der Waals surface area contributed by atoms with Crippen LogP contribution in [-0.2, 0) is 9.53 Å². The number of aromatic nitrogens is 2. The number of carbonyl (C=O) groups excluding carboxylic acids is 1. The van der Waals surface area contributed by atoms with Crippen LogP contribution in [0.5, 0.6) is 0 Å². The molecule has 1 aromatic carbocycles. The van der Waals surface area contributed by atoms with Crippen LogP contribution in [0.15, 0.2) is 42.7 Å². The Kier molecular flexibility index (Phi) is 6.25. The molecule has 0 unspecified atom stereocenters. The second kappa shape index (κ2) is 8.19. The van der Waals surface area contributed by atoms with Crippen molar-refractivity contribution in [1.29, 1.82) is 0 Å². The number of halogens is 1. The number of rotatable bonds is 4. The van der Waals surface area contributed by atoms with Gasteiger partial charge in [-0.2, -0.15) is 0 Å². The van der Waals surface area contributed by atoms with Crippen molar-refractivity contribution in [3.8, 4) is 11.4 Å². The quantitative estimate of drug-likeness (QED) is 0.886. The second-order valence-corrected chi connectivity index (χ2v) is 5.56. The van der Waals surface area contributed by atoms with E-state index in [1.807, 2.05) is 30.3 Å². The summed E-state index contributed by atoms with van der Waals surface area (Å²) in [5, 5.41) is 6.10. The van der Waals surface area contributed by atoms with Crippen LogP contribution in [0.2, 0.25) is 0 Å². The summed E-state index contributed by atoms with van der Waals surface area (Å²) >= 11 is 0. The number of ether oxygens (including phenoxy) is 1. The van der Waals surface area contributed by atoms with E-state index in [0.717, 1.165) is 18.7 Å². The summed E-state index contributed by atoms with van der Waals surface area (Å²) in [6.45, 7) is 1.54. The van der Waals surface area contributed by atoms with Crippen molar-refractivity contribution in [2.75, 3.05) is 25.5 Å². The lowest BCUT2D eigenvalue weighted by Gasteiger charge is -2.34. The summed E-state index contributed by atoms with van der Waals surface area (Å²) in [5.74, 6) is 0.490. The van der Waals surface area contributed by atoms with Gasteiger partial charge in [-0.3, -0.25) is 4.79 Å². The molecule has 1 aliphatic heterocycles. The van der Waals surface area contributed by atoms with E-state index in [1.165, 1.54) is 0 Å². The van der Waals surface area contributed by atoms with Crippen LogP contribution in [-0.4, -0.2) is 41.7 Å². The van der Waals surface area contributed by atoms with Gasteiger partial charge >= 0.3 is 0 Å². The average Bonchev–Trinajstić information content (AvgIpc) is 2.63. The first-order valence-corrected chi connectivity index (χ1v) is 7.68. The molecule has 6 nitrogen and oxygen atoms in total. The Bertz CT molecular complexity index is 658. The van der Waals surface area contributed by atoms with Gasteiger partial charge in [0, 0.05) is 12.7 Å². The van der Waals surface area contributed by atoms with Crippen LogP contribution in [0.1, 0.15) is 12.8 Å². The highest BCUT2D eigenvalue weighted by Crippen LogP contribution is 2.24. The van der Waals surface area contributed by atoms with Gasteiger partial charge in [0.15, 0.2) is 5.82 Å². The predicted octanol–water partition coefficient (Wildman–Crippen LogP) is 2.27. The van der Waals surface area contributed by atoms with E-state index in [-0.39, 0.29) is 18.3 Å². The van der Waals surface area contributed by atoms with Crippen LogP contribution in [0, 0.1) is 0 Å². The largest absolute Gasteiger partial charge is 0.368 e. The molecular formula is C17H21ClN4O2. The summed E-state index contributed by atoms with van der Waals surface area (Å²) in [4.78, 5) is 21.2. The van der Waals surface area contributed by atoms with Gasteiger partial charge in [0.25, 0.3) is 5.91 Å². The molecule has 24 heavy (non-hydrogen) atoms. The standard InChI is InChI=1S/C17H20N4O2.ClH/c1-23-17(7-9-18-10-8-17)16(22)21-14-11-19-15(20-12-14)13-5-3-2-4-6-13;/h2-6,11-12,18H,7-10H2,1H3,(H,21,22);1H. The summed E-state index contributed by atoms with van der Waals surface area (Å²) in [6.07, 6.45) is 4.55. The molecule has 2 N–H and O–H groups in total. The van der Waals surface area contributed by atoms with Crippen LogP contribution in [0.25, 0.3) is 11.4 Å². The molecule has 1 aliphatic rings. The van der Waals surface area contributed by atoms with Crippen LogP contribution >= 0.6 is 12.4 Å². The number of carbonyl (C=O) groups is 1. The molecule has 0 spiro atoms. The van der Waals surface area contributed by atoms with Gasteiger partial charge in [0.1, 0.15) is 5.60 Å². The summed E-state index contributed by atoms with van der Waals surface area (Å²) < 4.78 is 5.51. The zero-order chi connectivity index (χ0) is 16.1. The van der Waals surface area contributed by atoms with E-state index in [2.05, 4.69) is 20.6 Å². The Labute approximate surface area is 147 Å². The summed E-state index contributed by atoms with van der Waals surface area (Å²) in [7, 11) is 1.58. The highest BCUT2D eigenvalue weighted by molar-refractivity contribution is 5.97. The van der Waals surface area contributed by atoms with Crippen molar-refractivity contribution >= 4 is 24.0 Å². The fourth-order valence-corrected chi connectivity index (χ4v) is 2.73. The monoisotopic (exact) mass is 348 g/mol. The maximum absolute atomic E-state index is 12.6. The number of hydrogen-bond donors (Lipinski definition) is 2. The van der Waals surface area contributed by atoms with E-state index in [9.17, 15) is 4.79 Å². The lowest BCUT2D eigenvalue weighted by Crippen LogP contribution is -2.51. The SMILES string of the molecule is COC1(C(=O)Nc2cnc(-c3ccccc3)nc2)CCNCC1.Cl. The van der Waals surface area contributed by atoms with Gasteiger partial charge in [0.05, 0.1) is 18.1 Å². The molecule has 128 valence electrons. The van der Waals surface area contributed by atoms with Gasteiger partial charge in [-0.1, -0.05) is 30.3 Å². The fraction of sp³-hybridized carbons (Fsp3) is 0.353. The molecule has 2 heterocycles. The molecule has 0 saturated carbocycles. The van der Waals surface area contributed by atoms with Crippen LogP contribution in [0.4, 0.5) is 5.69 Å². The topological polar surface area (TPSA) is 76.1 Å². The molecule has 3 rings (SSSR count). The van der Waals surface area contributed by atoms with E-state index in [1.54, 1.807) is 19.5 Å². The number of hydrogen-bond acceptors (Lipinski definition) is 5. The third-order valence-corrected chi connectivity index (χ3v) is 4.16. The van der Waals surface area contributed by atoms with Crippen molar-refractivity contribution in [3.05, 3.63) is 42.7 Å². The summed E-state index contributed by atoms with van der Waals surface area (Å²) in [5.41, 5.74) is 0.741. The third-order valence-electron chi connectivity index (χ3n) is 4.16. The molecule has 0 aliphatic carbocycles. The number of amides is 1. The third kappa shape index (κ3) is 3.90. The van der Waals surface area contributed by atoms with Crippen molar-refractivity contribution in [2.24, 2.45) is 0 Å². The Morgan fingerprint density at radius 2 is 1.79 bits per heavy atom. The molecule has 1 fully saturated rings. The number of piperidine rings is 1. The molecule has 0 radical (unpaired) electrons. The van der Waals surface area contributed by atoms with Gasteiger partial charge in [-0.25, -0.2) is 9.97 Å². The number of methoxy groups -OCH3 is 1. The smallest absolute Gasteiger partial charge is 0.256 e. The number of anilines is 1. The zero-order valence-corrected chi connectivity index (χ0v) is 14.3. The highest BCUT2D eigenvalue weighted by Gasteiger charge is 2.39. The normalized spacial score (nSPS) is 16.0. The molecule has 7 heteroatoms. The Balaban J connectivity index is 0.00000208. The zero-order valence-electron chi connectivity index (χ0n) is 13.5. The molecule has 1 amide bonds. The van der Waals surface area contributed by atoms with Crippen molar-refractivity contribution in [1.82, 2.24) is 15.3 Å². The predicted molar refractivity (Wildman–Crippen MR) is 95.2 cm³/mol. The van der Waals surface area contributed by atoms with E-state index in [0.29, 0.717) is 24.4 Å². The maximum Gasteiger partial charge on any atom is 0.256 e. The summed E-state index contributed by atoms with van der Waals surface area (Å²) in [6, 6.07) is 9.72. The molecule has 2 aromatic rings. The Morgan fingerprint density at radius 3 is 2.38 bits per heavy atom. The van der Waals surface area contributed by atoms with E-state index < -0.39 is 5.60 Å². The van der Waals surface area contributed by atoms with Crippen LogP contribution < -0.4 is 10.6 Å². The average molecular weight is 349 g/mol. The van der Waals surface area contributed by atoms with Crippen molar-refractivity contribution in [3.63, 3.8) is 0 Å². The minimum Gasteiger partial charge on any atom is -0.368 e. The van der Waals surface area contributed by atoms with E-state index >= 15 is 0 Å². The molecular weight excluding hydrogens is 328 g/mol. The minimum absolute atomic E-state index is 0. The lowest BCUT2D eigenvalue weighted by atomic mass is 9.91. The number of nitrogens with one attached hydrogen (secondary N) is 2. The van der Waals surface area contributed by atoms with Gasteiger partial charge in [-0.15, -0.1) is 12.4 Å². The fourth-order valence-electron chi connectivity index (χ4n) is 2.73.